The van der Waals surface area contributed by atoms with Crippen LogP contribution in [-0.4, -0.2) is 76.9 Å². The molecular weight excluding hydrogens is 214 g/mol. The molecule has 2 saturated heterocycles. The van der Waals surface area contributed by atoms with Crippen molar-refractivity contribution in [1.82, 2.24) is 0 Å². The number of ether oxygens (including phenoxy) is 4. The molecule has 16 heavy (non-hydrogen) atoms. The van der Waals surface area contributed by atoms with Crippen LogP contribution >= 0.6 is 0 Å². The van der Waals surface area contributed by atoms with Crippen molar-refractivity contribution in [3.05, 3.63) is 0 Å². The Kier molecular flexibility index (Phi) is 6.33. The molecule has 4 atom stereocenters. The van der Waals surface area contributed by atoms with Gasteiger partial charge in [-0.25, -0.2) is 0 Å². The predicted octanol–water partition coefficient (Wildman–Crippen LogP) is -2.31. The molecule has 2 heterocycles. The fourth-order valence-corrected chi connectivity index (χ4v) is 1.14. The molecule has 2 fully saturated rings. The highest BCUT2D eigenvalue weighted by Crippen LogP contribution is 2.07. The van der Waals surface area contributed by atoms with E-state index < -0.39 is 12.6 Å². The second-order valence-electron chi connectivity index (χ2n) is 3.24. The summed E-state index contributed by atoms with van der Waals surface area (Å²) in [4.78, 5) is 0. The fraction of sp³-hybridized carbons (Fsp3) is 1.00. The Morgan fingerprint density at radius 2 is 1.25 bits per heavy atom. The van der Waals surface area contributed by atoms with Crippen molar-refractivity contribution < 1.29 is 29.2 Å². The SMILES string of the molecule is [B]C1COC(CO)O1.[B]C1COC(CO)O1. The van der Waals surface area contributed by atoms with Gasteiger partial charge in [-0.05, 0) is 0 Å². The number of hydrogen-bond acceptors (Lipinski definition) is 6. The molecule has 4 radical (unpaired) electrons. The van der Waals surface area contributed by atoms with Crippen molar-refractivity contribution in [3.8, 4) is 0 Å². The zero-order valence-electron chi connectivity index (χ0n) is 8.82. The van der Waals surface area contributed by atoms with Gasteiger partial charge in [-0.2, -0.15) is 0 Å². The van der Waals surface area contributed by atoms with E-state index in [-0.39, 0.29) is 25.2 Å². The van der Waals surface area contributed by atoms with Crippen LogP contribution in [-0.2, 0) is 18.9 Å². The van der Waals surface area contributed by atoms with Crippen LogP contribution in [0, 0.1) is 0 Å². The zero-order valence-corrected chi connectivity index (χ0v) is 8.82. The molecule has 0 aromatic rings. The summed E-state index contributed by atoms with van der Waals surface area (Å²) in [6.45, 7) is 0.526. The second-order valence-corrected chi connectivity index (χ2v) is 3.24. The average Bonchev–Trinajstić information content (AvgIpc) is 2.88. The smallest absolute Gasteiger partial charge is 0.180 e. The lowest BCUT2D eigenvalue weighted by molar-refractivity contribution is -0.0790. The summed E-state index contributed by atoms with van der Waals surface area (Å²) in [5.41, 5.74) is 0. The van der Waals surface area contributed by atoms with Crippen LogP contribution in [0.2, 0.25) is 0 Å². The predicted molar refractivity (Wildman–Crippen MR) is 54.9 cm³/mol. The van der Waals surface area contributed by atoms with Gasteiger partial charge in [0.25, 0.3) is 0 Å². The van der Waals surface area contributed by atoms with E-state index in [1.54, 1.807) is 0 Å². The summed E-state index contributed by atoms with van der Waals surface area (Å²) >= 11 is 0. The summed E-state index contributed by atoms with van der Waals surface area (Å²) in [5, 5.41) is 16.8. The maximum Gasteiger partial charge on any atom is 0.180 e. The Hall–Kier alpha value is -0.110. The lowest BCUT2D eigenvalue weighted by Crippen LogP contribution is -2.15. The third kappa shape index (κ3) is 4.82. The highest BCUT2D eigenvalue weighted by molar-refractivity contribution is 6.11. The molecule has 0 spiro atoms. The molecule has 2 aliphatic heterocycles. The molecule has 0 amide bonds. The molecule has 2 N–H and O–H groups in total. The zero-order chi connectivity index (χ0) is 12.0. The first-order valence-corrected chi connectivity index (χ1v) is 4.92. The van der Waals surface area contributed by atoms with Gasteiger partial charge in [0.05, 0.1) is 26.4 Å². The monoisotopic (exact) mass is 228 g/mol. The van der Waals surface area contributed by atoms with Gasteiger partial charge in [-0.1, -0.05) is 0 Å². The van der Waals surface area contributed by atoms with E-state index in [9.17, 15) is 0 Å². The van der Waals surface area contributed by atoms with E-state index in [0.29, 0.717) is 13.2 Å². The van der Waals surface area contributed by atoms with Crippen LogP contribution in [0.5, 0.6) is 0 Å². The second kappa shape index (κ2) is 7.26. The summed E-state index contributed by atoms with van der Waals surface area (Å²) in [7, 11) is 10.5. The topological polar surface area (TPSA) is 77.4 Å². The van der Waals surface area contributed by atoms with Crippen LogP contribution in [0.25, 0.3) is 0 Å². The molecule has 8 heteroatoms. The van der Waals surface area contributed by atoms with Crippen LogP contribution in [0.1, 0.15) is 0 Å². The Labute approximate surface area is 96.6 Å². The van der Waals surface area contributed by atoms with Gasteiger partial charge in [-0.3, -0.25) is 0 Å². The fourth-order valence-electron chi connectivity index (χ4n) is 1.14. The van der Waals surface area contributed by atoms with Gasteiger partial charge in [0.2, 0.25) is 0 Å². The minimum Gasteiger partial charge on any atom is -0.391 e. The first-order chi connectivity index (χ1) is 7.65. The Morgan fingerprint density at radius 3 is 1.38 bits per heavy atom. The van der Waals surface area contributed by atoms with Crippen LogP contribution in [0.15, 0.2) is 0 Å². The quantitative estimate of drug-likeness (QED) is 0.517. The van der Waals surface area contributed by atoms with Crippen molar-refractivity contribution in [3.63, 3.8) is 0 Å². The number of aliphatic hydroxyl groups excluding tert-OH is 2. The molecule has 2 rings (SSSR count). The lowest BCUT2D eigenvalue weighted by Gasteiger charge is -2.03. The summed E-state index contributed by atoms with van der Waals surface area (Å²) in [5.74, 6) is 0. The first-order valence-electron chi connectivity index (χ1n) is 4.92. The van der Waals surface area contributed by atoms with Gasteiger partial charge in [0.1, 0.15) is 15.7 Å². The van der Waals surface area contributed by atoms with E-state index in [1.807, 2.05) is 0 Å². The minimum atomic E-state index is -0.495. The standard InChI is InChI=1S/2C4H7BO3/c2*5-3-2-7-4(1-6)8-3/h2*3-4,6H,1-2H2. The van der Waals surface area contributed by atoms with Gasteiger partial charge in [0, 0.05) is 12.0 Å². The molecule has 2 aliphatic rings. The van der Waals surface area contributed by atoms with Gasteiger partial charge in [0.15, 0.2) is 12.6 Å². The number of hydrogen-bond donors (Lipinski definition) is 2. The molecule has 0 aromatic carbocycles. The molecule has 0 saturated carbocycles. The molecular formula is C8H14B2O6. The third-order valence-corrected chi connectivity index (χ3v) is 1.84. The van der Waals surface area contributed by atoms with Crippen molar-refractivity contribution >= 4 is 15.7 Å². The third-order valence-electron chi connectivity index (χ3n) is 1.84. The van der Waals surface area contributed by atoms with Crippen molar-refractivity contribution in [2.45, 2.75) is 24.6 Å². The van der Waals surface area contributed by atoms with E-state index >= 15 is 0 Å². The highest BCUT2D eigenvalue weighted by Gasteiger charge is 2.20. The molecule has 6 nitrogen and oxygen atoms in total. The summed E-state index contributed by atoms with van der Waals surface area (Å²) in [6.07, 6.45) is -0.991. The lowest BCUT2D eigenvalue weighted by atomic mass is 10.0. The number of rotatable bonds is 2. The van der Waals surface area contributed by atoms with Crippen LogP contribution in [0.4, 0.5) is 0 Å². The highest BCUT2D eigenvalue weighted by atomic mass is 16.7. The van der Waals surface area contributed by atoms with Crippen LogP contribution in [0.3, 0.4) is 0 Å². The molecule has 88 valence electrons. The van der Waals surface area contributed by atoms with E-state index in [1.165, 1.54) is 0 Å². The molecule has 0 aliphatic carbocycles. The van der Waals surface area contributed by atoms with Gasteiger partial charge in [-0.15, -0.1) is 0 Å². The van der Waals surface area contributed by atoms with E-state index in [4.69, 9.17) is 44.9 Å². The van der Waals surface area contributed by atoms with Crippen LogP contribution < -0.4 is 0 Å². The first kappa shape index (κ1) is 14.0. The van der Waals surface area contributed by atoms with Crippen molar-refractivity contribution in [1.29, 1.82) is 0 Å². The largest absolute Gasteiger partial charge is 0.391 e. The van der Waals surface area contributed by atoms with E-state index in [2.05, 4.69) is 0 Å². The summed E-state index contributed by atoms with van der Waals surface area (Å²) in [6, 6.07) is -0.709. The minimum absolute atomic E-state index is 0.117. The Bertz CT molecular complexity index is 175. The van der Waals surface area contributed by atoms with Crippen molar-refractivity contribution in [2.75, 3.05) is 26.4 Å². The maximum absolute atomic E-state index is 8.38. The summed E-state index contributed by atoms with van der Waals surface area (Å²) < 4.78 is 19.3. The normalized spacial score (nSPS) is 38.1. The van der Waals surface area contributed by atoms with Crippen molar-refractivity contribution in [2.24, 2.45) is 0 Å². The molecule has 4 unspecified atom stereocenters. The average molecular weight is 228 g/mol. The molecule has 0 bridgehead atoms. The van der Waals surface area contributed by atoms with Gasteiger partial charge < -0.3 is 29.2 Å². The Balaban J connectivity index is 0.000000160. The Morgan fingerprint density at radius 1 is 0.875 bits per heavy atom. The van der Waals surface area contributed by atoms with E-state index in [0.717, 1.165) is 0 Å². The maximum atomic E-state index is 8.38. The molecule has 0 aromatic heterocycles. The number of aliphatic hydroxyl groups is 2. The van der Waals surface area contributed by atoms with Gasteiger partial charge >= 0.3 is 0 Å².